The van der Waals surface area contributed by atoms with Crippen molar-refractivity contribution in [1.29, 1.82) is 5.26 Å². The van der Waals surface area contributed by atoms with E-state index in [0.717, 1.165) is 29.6 Å². The van der Waals surface area contributed by atoms with E-state index in [0.29, 0.717) is 35.4 Å². The third kappa shape index (κ3) is 3.16. The standard InChI is InChI=1S/C20H17ClN4O/c21-13-6-9-15-17(12-13)23-19(16-4-1-2-5-18(16)26)24-20(15)25(11-3-10-22)14-7-8-14/h1-2,4-6,9,12,14,26H,3,7-8,11H2. The summed E-state index contributed by atoms with van der Waals surface area (Å²) in [5, 5.41) is 20.7. The zero-order valence-electron chi connectivity index (χ0n) is 14.1. The van der Waals surface area contributed by atoms with Gasteiger partial charge in [-0.2, -0.15) is 5.26 Å². The summed E-state index contributed by atoms with van der Waals surface area (Å²) in [5.74, 6) is 1.38. The van der Waals surface area contributed by atoms with Gasteiger partial charge in [-0.25, -0.2) is 9.97 Å². The van der Waals surface area contributed by atoms with E-state index in [1.807, 2.05) is 18.2 Å². The van der Waals surface area contributed by atoms with E-state index in [1.54, 1.807) is 24.3 Å². The Labute approximate surface area is 156 Å². The number of anilines is 1. The van der Waals surface area contributed by atoms with Crippen LogP contribution in [-0.2, 0) is 0 Å². The first-order valence-electron chi connectivity index (χ1n) is 8.56. The van der Waals surface area contributed by atoms with Crippen LogP contribution in [0.5, 0.6) is 5.75 Å². The van der Waals surface area contributed by atoms with Crippen LogP contribution >= 0.6 is 11.6 Å². The fourth-order valence-electron chi connectivity index (χ4n) is 3.11. The minimum atomic E-state index is 0.134. The summed E-state index contributed by atoms with van der Waals surface area (Å²) in [6.07, 6.45) is 2.62. The van der Waals surface area contributed by atoms with Gasteiger partial charge in [-0.1, -0.05) is 23.7 Å². The molecule has 0 atom stereocenters. The van der Waals surface area contributed by atoms with Crippen molar-refractivity contribution < 1.29 is 5.11 Å². The Morgan fingerprint density at radius 3 is 2.73 bits per heavy atom. The summed E-state index contributed by atoms with van der Waals surface area (Å²) in [4.78, 5) is 11.6. The minimum Gasteiger partial charge on any atom is -0.507 e. The first-order valence-corrected chi connectivity index (χ1v) is 8.94. The zero-order chi connectivity index (χ0) is 18.1. The number of nitriles is 1. The predicted octanol–water partition coefficient (Wildman–Crippen LogP) is 4.54. The van der Waals surface area contributed by atoms with Crippen molar-refractivity contribution in [3.8, 4) is 23.2 Å². The van der Waals surface area contributed by atoms with E-state index in [-0.39, 0.29) is 5.75 Å². The number of phenols is 1. The Morgan fingerprint density at radius 1 is 1.19 bits per heavy atom. The summed E-state index contributed by atoms with van der Waals surface area (Å²) < 4.78 is 0. The highest BCUT2D eigenvalue weighted by atomic mass is 35.5. The number of hydrogen-bond donors (Lipinski definition) is 1. The third-order valence-electron chi connectivity index (χ3n) is 4.51. The number of phenolic OH excluding ortho intramolecular Hbond substituents is 1. The lowest BCUT2D eigenvalue weighted by molar-refractivity contribution is 0.477. The van der Waals surface area contributed by atoms with Crippen LogP contribution in [0.3, 0.4) is 0 Å². The average Bonchev–Trinajstić information content (AvgIpc) is 3.47. The smallest absolute Gasteiger partial charge is 0.165 e. The number of nitrogens with zero attached hydrogens (tertiary/aromatic N) is 4. The summed E-state index contributed by atoms with van der Waals surface area (Å²) in [5.41, 5.74) is 1.30. The van der Waals surface area contributed by atoms with Crippen molar-refractivity contribution in [1.82, 2.24) is 9.97 Å². The van der Waals surface area contributed by atoms with E-state index in [4.69, 9.17) is 21.8 Å². The molecule has 3 aromatic rings. The first kappa shape index (κ1) is 16.6. The van der Waals surface area contributed by atoms with Gasteiger partial charge in [0.15, 0.2) is 5.82 Å². The summed E-state index contributed by atoms with van der Waals surface area (Å²) in [6, 6.07) is 15.2. The Balaban J connectivity index is 1.92. The summed E-state index contributed by atoms with van der Waals surface area (Å²) in [7, 11) is 0. The van der Waals surface area contributed by atoms with Crippen molar-refractivity contribution in [3.05, 3.63) is 47.5 Å². The molecule has 1 aliphatic carbocycles. The van der Waals surface area contributed by atoms with Crippen LogP contribution < -0.4 is 4.90 Å². The topological polar surface area (TPSA) is 73.0 Å². The number of fused-ring (bicyclic) bond motifs is 1. The van der Waals surface area contributed by atoms with E-state index < -0.39 is 0 Å². The lowest BCUT2D eigenvalue weighted by atomic mass is 10.1. The van der Waals surface area contributed by atoms with E-state index >= 15 is 0 Å². The number of para-hydroxylation sites is 1. The minimum absolute atomic E-state index is 0.134. The van der Waals surface area contributed by atoms with Crippen LogP contribution in [0, 0.1) is 11.3 Å². The zero-order valence-corrected chi connectivity index (χ0v) is 14.8. The van der Waals surface area contributed by atoms with E-state index in [2.05, 4.69) is 16.0 Å². The van der Waals surface area contributed by atoms with Gasteiger partial charge in [0, 0.05) is 23.0 Å². The van der Waals surface area contributed by atoms with Gasteiger partial charge in [0.25, 0.3) is 0 Å². The van der Waals surface area contributed by atoms with E-state index in [1.165, 1.54) is 0 Å². The highest BCUT2D eigenvalue weighted by molar-refractivity contribution is 6.31. The van der Waals surface area contributed by atoms with Gasteiger partial charge >= 0.3 is 0 Å². The van der Waals surface area contributed by atoms with Crippen LogP contribution in [0.15, 0.2) is 42.5 Å². The molecule has 1 heterocycles. The molecule has 0 unspecified atom stereocenters. The first-order chi connectivity index (χ1) is 12.7. The van der Waals surface area contributed by atoms with Crippen LogP contribution in [0.2, 0.25) is 5.02 Å². The van der Waals surface area contributed by atoms with Crippen LogP contribution in [0.1, 0.15) is 19.3 Å². The van der Waals surface area contributed by atoms with Gasteiger partial charge < -0.3 is 10.0 Å². The molecule has 0 amide bonds. The number of aromatic hydroxyl groups is 1. The number of benzene rings is 2. The molecule has 130 valence electrons. The third-order valence-corrected chi connectivity index (χ3v) is 4.74. The number of aromatic nitrogens is 2. The summed E-state index contributed by atoms with van der Waals surface area (Å²) >= 11 is 6.17. The van der Waals surface area contributed by atoms with Gasteiger partial charge in [0.05, 0.1) is 23.6 Å². The van der Waals surface area contributed by atoms with Crippen molar-refractivity contribution >= 4 is 28.3 Å². The lowest BCUT2D eigenvalue weighted by Gasteiger charge is -2.24. The molecule has 0 aliphatic heterocycles. The maximum absolute atomic E-state index is 10.2. The molecule has 0 bridgehead atoms. The molecule has 2 aromatic carbocycles. The monoisotopic (exact) mass is 364 g/mol. The molecule has 6 heteroatoms. The second-order valence-corrected chi connectivity index (χ2v) is 6.82. The Kier molecular flexibility index (Phi) is 4.36. The molecule has 1 saturated carbocycles. The molecular weight excluding hydrogens is 348 g/mol. The largest absolute Gasteiger partial charge is 0.507 e. The summed E-state index contributed by atoms with van der Waals surface area (Å²) in [6.45, 7) is 0.621. The molecule has 5 nitrogen and oxygen atoms in total. The quantitative estimate of drug-likeness (QED) is 0.719. The SMILES string of the molecule is N#CCCN(c1nc(-c2ccccc2O)nc2cc(Cl)ccc12)C1CC1. The van der Waals surface area contributed by atoms with Gasteiger partial charge in [-0.05, 0) is 43.2 Å². The lowest BCUT2D eigenvalue weighted by Crippen LogP contribution is -2.28. The highest BCUT2D eigenvalue weighted by Gasteiger charge is 2.31. The maximum Gasteiger partial charge on any atom is 0.165 e. The fraction of sp³-hybridized carbons (Fsp3) is 0.250. The van der Waals surface area contributed by atoms with Gasteiger partial charge in [-0.15, -0.1) is 0 Å². The van der Waals surface area contributed by atoms with Crippen LogP contribution in [-0.4, -0.2) is 27.7 Å². The average molecular weight is 365 g/mol. The van der Waals surface area contributed by atoms with Crippen LogP contribution in [0.25, 0.3) is 22.3 Å². The maximum atomic E-state index is 10.2. The molecule has 0 radical (unpaired) electrons. The van der Waals surface area contributed by atoms with Gasteiger partial charge in [0.2, 0.25) is 0 Å². The predicted molar refractivity (Wildman–Crippen MR) is 102 cm³/mol. The second-order valence-electron chi connectivity index (χ2n) is 6.38. The molecule has 1 fully saturated rings. The Morgan fingerprint density at radius 2 is 2.00 bits per heavy atom. The molecule has 4 rings (SSSR count). The Hall–Kier alpha value is -2.84. The van der Waals surface area contributed by atoms with Crippen molar-refractivity contribution in [2.75, 3.05) is 11.4 Å². The second kappa shape index (κ2) is 6.81. The number of rotatable bonds is 5. The fourth-order valence-corrected chi connectivity index (χ4v) is 3.27. The molecule has 1 aromatic heterocycles. The van der Waals surface area contributed by atoms with Crippen molar-refractivity contribution in [3.63, 3.8) is 0 Å². The molecule has 1 aliphatic rings. The molecule has 0 spiro atoms. The highest BCUT2D eigenvalue weighted by Crippen LogP contribution is 2.37. The molecule has 26 heavy (non-hydrogen) atoms. The van der Waals surface area contributed by atoms with Gasteiger partial charge in [-0.3, -0.25) is 0 Å². The Bertz CT molecular complexity index is 1010. The number of hydrogen-bond acceptors (Lipinski definition) is 5. The number of halogens is 1. The molecule has 1 N–H and O–H groups in total. The van der Waals surface area contributed by atoms with Crippen LogP contribution in [0.4, 0.5) is 5.82 Å². The van der Waals surface area contributed by atoms with Crippen molar-refractivity contribution in [2.24, 2.45) is 0 Å². The van der Waals surface area contributed by atoms with E-state index in [9.17, 15) is 5.11 Å². The van der Waals surface area contributed by atoms with Crippen molar-refractivity contribution in [2.45, 2.75) is 25.3 Å². The molecule has 0 saturated heterocycles. The molecular formula is C20H17ClN4O. The van der Waals surface area contributed by atoms with Gasteiger partial charge in [0.1, 0.15) is 11.6 Å². The normalized spacial score (nSPS) is 13.5.